The van der Waals surface area contributed by atoms with Crippen molar-refractivity contribution in [2.45, 2.75) is 39.7 Å². The van der Waals surface area contributed by atoms with Gasteiger partial charge in [0.2, 0.25) is 5.91 Å². The standard InChI is InChI=1S/C22H32N4O5/c1-4-26(5-2)20(27)15-9-11-25(12-10-15)14-16-18(21(28)30-6-3)19(24-22(29)23-16)17-8-7-13-31-17/h7-8,13,15,19H,4-6,9-12,14H2,1-3H3,(H2,23,24,29). The Morgan fingerprint density at radius 1 is 1.23 bits per heavy atom. The van der Waals surface area contributed by atoms with E-state index in [1.54, 1.807) is 19.1 Å². The van der Waals surface area contributed by atoms with Crippen LogP contribution < -0.4 is 10.6 Å². The molecule has 31 heavy (non-hydrogen) atoms. The summed E-state index contributed by atoms with van der Waals surface area (Å²) in [5, 5.41) is 5.54. The zero-order chi connectivity index (χ0) is 22.4. The molecule has 3 amide bonds. The van der Waals surface area contributed by atoms with Crippen LogP contribution in [0.3, 0.4) is 0 Å². The molecule has 1 aromatic heterocycles. The summed E-state index contributed by atoms with van der Waals surface area (Å²) in [7, 11) is 0. The lowest BCUT2D eigenvalue weighted by atomic mass is 9.94. The van der Waals surface area contributed by atoms with Crippen molar-refractivity contribution >= 4 is 17.9 Å². The molecule has 0 bridgehead atoms. The van der Waals surface area contributed by atoms with Gasteiger partial charge in [-0.15, -0.1) is 0 Å². The van der Waals surface area contributed by atoms with E-state index < -0.39 is 18.0 Å². The molecule has 1 unspecified atom stereocenters. The highest BCUT2D eigenvalue weighted by molar-refractivity contribution is 5.95. The summed E-state index contributed by atoms with van der Waals surface area (Å²) in [6.07, 6.45) is 3.01. The summed E-state index contributed by atoms with van der Waals surface area (Å²) in [5.74, 6) is 0.217. The van der Waals surface area contributed by atoms with Crippen LogP contribution >= 0.6 is 0 Å². The number of nitrogens with one attached hydrogen (secondary N) is 2. The minimum absolute atomic E-state index is 0.0214. The summed E-state index contributed by atoms with van der Waals surface area (Å²) in [6.45, 7) is 9.23. The first-order valence-corrected chi connectivity index (χ1v) is 11.0. The molecule has 0 radical (unpaired) electrons. The van der Waals surface area contributed by atoms with Crippen LogP contribution in [-0.4, -0.2) is 67.0 Å². The molecule has 2 aliphatic rings. The van der Waals surface area contributed by atoms with Crippen molar-refractivity contribution in [2.75, 3.05) is 39.3 Å². The molecule has 3 heterocycles. The number of amides is 3. The normalized spacial score (nSPS) is 20.2. The number of ether oxygens (including phenoxy) is 1. The van der Waals surface area contributed by atoms with Gasteiger partial charge in [-0.25, -0.2) is 9.59 Å². The third-order valence-electron chi connectivity index (χ3n) is 5.87. The number of rotatable bonds is 8. The van der Waals surface area contributed by atoms with Gasteiger partial charge in [0.05, 0.1) is 18.4 Å². The van der Waals surface area contributed by atoms with E-state index in [1.807, 2.05) is 18.7 Å². The van der Waals surface area contributed by atoms with E-state index in [9.17, 15) is 14.4 Å². The number of likely N-dealkylation sites (tertiary alicyclic amines) is 1. The Morgan fingerprint density at radius 3 is 2.52 bits per heavy atom. The number of hydrogen-bond donors (Lipinski definition) is 2. The third-order valence-corrected chi connectivity index (χ3v) is 5.87. The summed E-state index contributed by atoms with van der Waals surface area (Å²) < 4.78 is 10.7. The van der Waals surface area contributed by atoms with Crippen LogP contribution in [0.2, 0.25) is 0 Å². The van der Waals surface area contributed by atoms with E-state index in [0.717, 1.165) is 25.9 Å². The second kappa shape index (κ2) is 10.5. The van der Waals surface area contributed by atoms with Gasteiger partial charge in [-0.2, -0.15) is 0 Å². The SMILES string of the molecule is CCOC(=O)C1=C(CN2CCC(C(=O)N(CC)CC)CC2)NC(=O)NC1c1ccco1. The summed E-state index contributed by atoms with van der Waals surface area (Å²) in [4.78, 5) is 41.8. The van der Waals surface area contributed by atoms with Crippen LogP contribution in [0.25, 0.3) is 0 Å². The molecule has 0 saturated carbocycles. The molecular formula is C22H32N4O5. The first-order chi connectivity index (χ1) is 15.0. The summed E-state index contributed by atoms with van der Waals surface area (Å²) in [5.41, 5.74) is 0.856. The molecule has 0 aromatic carbocycles. The fourth-order valence-corrected chi connectivity index (χ4v) is 4.22. The highest BCUT2D eigenvalue weighted by Gasteiger charge is 2.36. The molecule has 1 saturated heterocycles. The number of piperidine rings is 1. The molecule has 0 aliphatic carbocycles. The van der Waals surface area contributed by atoms with Crippen molar-refractivity contribution in [3.8, 4) is 0 Å². The van der Waals surface area contributed by atoms with E-state index in [0.29, 0.717) is 36.7 Å². The molecule has 1 fully saturated rings. The van der Waals surface area contributed by atoms with E-state index in [1.165, 1.54) is 6.26 Å². The van der Waals surface area contributed by atoms with Crippen molar-refractivity contribution in [2.24, 2.45) is 5.92 Å². The highest BCUT2D eigenvalue weighted by atomic mass is 16.5. The number of furan rings is 1. The summed E-state index contributed by atoms with van der Waals surface area (Å²) >= 11 is 0. The highest BCUT2D eigenvalue weighted by Crippen LogP contribution is 2.29. The van der Waals surface area contributed by atoms with Crippen LogP contribution in [0.4, 0.5) is 4.79 Å². The minimum Gasteiger partial charge on any atom is -0.467 e. The van der Waals surface area contributed by atoms with Crippen LogP contribution in [0.5, 0.6) is 0 Å². The molecule has 9 heteroatoms. The fourth-order valence-electron chi connectivity index (χ4n) is 4.22. The number of urea groups is 1. The predicted octanol–water partition coefficient (Wildman–Crippen LogP) is 2.03. The molecule has 3 rings (SSSR count). The lowest BCUT2D eigenvalue weighted by Crippen LogP contribution is -2.49. The van der Waals surface area contributed by atoms with Gasteiger partial charge >= 0.3 is 12.0 Å². The third kappa shape index (κ3) is 5.28. The van der Waals surface area contributed by atoms with Gasteiger partial charge in [0.15, 0.2) is 0 Å². The van der Waals surface area contributed by atoms with Gasteiger partial charge in [0, 0.05) is 31.2 Å². The number of esters is 1. The van der Waals surface area contributed by atoms with Gasteiger partial charge < -0.3 is 24.7 Å². The quantitative estimate of drug-likeness (QED) is 0.609. The number of hydrogen-bond acceptors (Lipinski definition) is 6. The Balaban J connectivity index is 1.76. The molecule has 2 N–H and O–H groups in total. The molecule has 1 atom stereocenters. The molecule has 0 spiro atoms. The second-order valence-corrected chi connectivity index (χ2v) is 7.72. The maximum Gasteiger partial charge on any atom is 0.338 e. The first kappa shape index (κ1) is 22.9. The number of carbonyl (C=O) groups is 3. The van der Waals surface area contributed by atoms with Gasteiger partial charge in [-0.05, 0) is 58.8 Å². The van der Waals surface area contributed by atoms with Gasteiger partial charge in [-0.3, -0.25) is 9.69 Å². The van der Waals surface area contributed by atoms with Crippen LogP contribution in [0, 0.1) is 5.92 Å². The van der Waals surface area contributed by atoms with Gasteiger partial charge in [-0.1, -0.05) is 0 Å². The molecular weight excluding hydrogens is 400 g/mol. The minimum atomic E-state index is -0.709. The van der Waals surface area contributed by atoms with Crippen LogP contribution in [-0.2, 0) is 14.3 Å². The zero-order valence-electron chi connectivity index (χ0n) is 18.5. The largest absolute Gasteiger partial charge is 0.467 e. The monoisotopic (exact) mass is 432 g/mol. The van der Waals surface area contributed by atoms with Gasteiger partial charge in [0.25, 0.3) is 0 Å². The number of nitrogens with zero attached hydrogens (tertiary/aromatic N) is 2. The predicted molar refractivity (Wildman–Crippen MR) is 114 cm³/mol. The van der Waals surface area contributed by atoms with E-state index in [-0.39, 0.29) is 18.4 Å². The lowest BCUT2D eigenvalue weighted by Gasteiger charge is -2.35. The average molecular weight is 433 g/mol. The average Bonchev–Trinajstić information content (AvgIpc) is 3.29. The molecule has 2 aliphatic heterocycles. The Kier molecular flexibility index (Phi) is 7.73. The molecule has 1 aromatic rings. The Morgan fingerprint density at radius 2 is 1.94 bits per heavy atom. The summed E-state index contributed by atoms with van der Waals surface area (Å²) in [6, 6.07) is 2.33. The Hall–Kier alpha value is -2.81. The fraction of sp³-hybridized carbons (Fsp3) is 0.591. The van der Waals surface area contributed by atoms with Crippen LogP contribution in [0.15, 0.2) is 34.1 Å². The number of carbonyl (C=O) groups excluding carboxylic acids is 3. The molecule has 9 nitrogen and oxygen atoms in total. The van der Waals surface area contributed by atoms with Crippen molar-refractivity contribution in [3.05, 3.63) is 35.4 Å². The van der Waals surface area contributed by atoms with E-state index in [4.69, 9.17) is 9.15 Å². The Bertz CT molecular complexity index is 808. The maximum atomic E-state index is 12.8. The van der Waals surface area contributed by atoms with E-state index >= 15 is 0 Å². The second-order valence-electron chi connectivity index (χ2n) is 7.72. The van der Waals surface area contributed by atoms with Crippen molar-refractivity contribution in [1.82, 2.24) is 20.4 Å². The first-order valence-electron chi connectivity index (χ1n) is 11.0. The molecule has 170 valence electrons. The van der Waals surface area contributed by atoms with Crippen LogP contribution in [0.1, 0.15) is 45.4 Å². The smallest absolute Gasteiger partial charge is 0.338 e. The lowest BCUT2D eigenvalue weighted by molar-refractivity contribution is -0.139. The Labute approximate surface area is 182 Å². The topological polar surface area (TPSA) is 104 Å². The van der Waals surface area contributed by atoms with Crippen molar-refractivity contribution < 1.29 is 23.5 Å². The zero-order valence-corrected chi connectivity index (χ0v) is 18.5. The van der Waals surface area contributed by atoms with E-state index in [2.05, 4.69) is 15.5 Å². The maximum absolute atomic E-state index is 12.8. The van der Waals surface area contributed by atoms with Gasteiger partial charge in [0.1, 0.15) is 11.8 Å². The van der Waals surface area contributed by atoms with Crippen molar-refractivity contribution in [3.63, 3.8) is 0 Å². The van der Waals surface area contributed by atoms with Crippen molar-refractivity contribution in [1.29, 1.82) is 0 Å².